The Morgan fingerprint density at radius 2 is 2.07 bits per heavy atom. The van der Waals surface area contributed by atoms with E-state index >= 15 is 0 Å². The molecule has 1 aromatic heterocycles. The zero-order valence-electron chi connectivity index (χ0n) is 16.4. The van der Waals surface area contributed by atoms with Crippen LogP contribution in [0.1, 0.15) is 51.7 Å². The van der Waals surface area contributed by atoms with E-state index < -0.39 is 11.9 Å². The van der Waals surface area contributed by atoms with Crippen molar-refractivity contribution in [3.63, 3.8) is 0 Å². The number of hydrogen-bond acceptors (Lipinski definition) is 7. The van der Waals surface area contributed by atoms with Crippen LogP contribution in [0.4, 0.5) is 0 Å². The van der Waals surface area contributed by atoms with Crippen LogP contribution in [-0.4, -0.2) is 46.7 Å². The molecular formula is C21H23N5O4. The quantitative estimate of drug-likeness (QED) is 0.592. The van der Waals surface area contributed by atoms with E-state index in [9.17, 15) is 14.4 Å². The third-order valence-corrected chi connectivity index (χ3v) is 6.07. The van der Waals surface area contributed by atoms with Gasteiger partial charge in [-0.2, -0.15) is 0 Å². The van der Waals surface area contributed by atoms with E-state index in [1.807, 2.05) is 18.2 Å². The number of amides is 3. The van der Waals surface area contributed by atoms with E-state index in [1.165, 1.54) is 6.39 Å². The van der Waals surface area contributed by atoms with Crippen molar-refractivity contribution in [3.8, 4) is 0 Å². The zero-order valence-corrected chi connectivity index (χ0v) is 16.4. The number of aromatic nitrogens is 1. The van der Waals surface area contributed by atoms with Crippen molar-refractivity contribution in [2.45, 2.75) is 44.4 Å². The van der Waals surface area contributed by atoms with Gasteiger partial charge in [0, 0.05) is 50.6 Å². The second kappa shape index (κ2) is 7.66. The van der Waals surface area contributed by atoms with Crippen LogP contribution in [0.5, 0.6) is 0 Å². The molecule has 1 aromatic carbocycles. The Bertz CT molecular complexity index is 1010. The lowest BCUT2D eigenvalue weighted by Gasteiger charge is -2.29. The Morgan fingerprint density at radius 1 is 1.20 bits per heavy atom. The lowest BCUT2D eigenvalue weighted by molar-refractivity contribution is -0.136. The molecule has 0 aliphatic carbocycles. The van der Waals surface area contributed by atoms with E-state index in [4.69, 9.17) is 4.42 Å². The fraction of sp³-hybridized carbons (Fsp3) is 0.429. The SMILES string of the molecule is O=C1CCC(N2Cc3cccc(CNCc4ncoc4C4CNC4)c3C2=O)C(=O)N1. The first kappa shape index (κ1) is 19.0. The summed E-state index contributed by atoms with van der Waals surface area (Å²) in [5.41, 5.74) is 3.35. The van der Waals surface area contributed by atoms with Gasteiger partial charge in [-0.1, -0.05) is 18.2 Å². The number of nitrogens with one attached hydrogen (secondary N) is 3. The monoisotopic (exact) mass is 409 g/mol. The number of hydrogen-bond donors (Lipinski definition) is 3. The first-order valence-corrected chi connectivity index (χ1v) is 10.2. The van der Waals surface area contributed by atoms with Crippen molar-refractivity contribution >= 4 is 17.7 Å². The van der Waals surface area contributed by atoms with Crippen molar-refractivity contribution in [2.75, 3.05) is 13.1 Å². The largest absolute Gasteiger partial charge is 0.448 e. The van der Waals surface area contributed by atoms with Gasteiger partial charge in [0.15, 0.2) is 6.39 Å². The first-order valence-electron chi connectivity index (χ1n) is 10.2. The zero-order chi connectivity index (χ0) is 20.7. The molecule has 5 rings (SSSR count). The van der Waals surface area contributed by atoms with E-state index in [2.05, 4.69) is 20.9 Å². The molecule has 1 unspecified atom stereocenters. The summed E-state index contributed by atoms with van der Waals surface area (Å²) in [4.78, 5) is 42.7. The minimum absolute atomic E-state index is 0.153. The summed E-state index contributed by atoms with van der Waals surface area (Å²) in [5.74, 6) is 0.458. The molecule has 9 heteroatoms. The molecule has 4 heterocycles. The van der Waals surface area contributed by atoms with Crippen molar-refractivity contribution in [3.05, 3.63) is 52.7 Å². The highest BCUT2D eigenvalue weighted by Gasteiger charge is 2.39. The van der Waals surface area contributed by atoms with Crippen molar-refractivity contribution < 1.29 is 18.8 Å². The fourth-order valence-electron chi connectivity index (χ4n) is 4.37. The van der Waals surface area contributed by atoms with Crippen LogP contribution < -0.4 is 16.0 Å². The van der Waals surface area contributed by atoms with Crippen LogP contribution in [0.15, 0.2) is 29.0 Å². The van der Waals surface area contributed by atoms with Gasteiger partial charge in [0.2, 0.25) is 11.8 Å². The summed E-state index contributed by atoms with van der Waals surface area (Å²) in [6.45, 7) is 3.25. The number of benzene rings is 1. The third-order valence-electron chi connectivity index (χ3n) is 6.07. The minimum Gasteiger partial charge on any atom is -0.448 e. The maximum Gasteiger partial charge on any atom is 0.255 e. The molecule has 30 heavy (non-hydrogen) atoms. The van der Waals surface area contributed by atoms with Crippen molar-refractivity contribution in [1.29, 1.82) is 0 Å². The molecule has 3 N–H and O–H groups in total. The van der Waals surface area contributed by atoms with Gasteiger partial charge < -0.3 is 20.0 Å². The molecule has 0 radical (unpaired) electrons. The van der Waals surface area contributed by atoms with E-state index in [0.29, 0.717) is 37.5 Å². The number of imide groups is 1. The van der Waals surface area contributed by atoms with Gasteiger partial charge in [-0.15, -0.1) is 0 Å². The topological polar surface area (TPSA) is 117 Å². The molecule has 2 fully saturated rings. The van der Waals surface area contributed by atoms with Crippen LogP contribution in [0, 0.1) is 0 Å². The van der Waals surface area contributed by atoms with Gasteiger partial charge in [0.25, 0.3) is 5.91 Å². The Labute approximate surface area is 173 Å². The Balaban J connectivity index is 1.27. The first-order chi connectivity index (χ1) is 14.6. The summed E-state index contributed by atoms with van der Waals surface area (Å²) in [6, 6.07) is 5.18. The Kier molecular flexibility index (Phi) is 4.84. The molecule has 9 nitrogen and oxygen atoms in total. The fourth-order valence-corrected chi connectivity index (χ4v) is 4.37. The summed E-state index contributed by atoms with van der Waals surface area (Å²) in [6.07, 6.45) is 2.09. The van der Waals surface area contributed by atoms with Gasteiger partial charge in [0.1, 0.15) is 11.8 Å². The lowest BCUT2D eigenvalue weighted by atomic mass is 9.98. The number of fused-ring (bicyclic) bond motifs is 1. The number of piperidine rings is 1. The van der Waals surface area contributed by atoms with Gasteiger partial charge >= 0.3 is 0 Å². The second-order valence-corrected chi connectivity index (χ2v) is 7.97. The van der Waals surface area contributed by atoms with E-state index in [1.54, 1.807) is 4.90 Å². The minimum atomic E-state index is -0.600. The molecular weight excluding hydrogens is 386 g/mol. The van der Waals surface area contributed by atoms with Crippen LogP contribution in [0.3, 0.4) is 0 Å². The van der Waals surface area contributed by atoms with E-state index in [0.717, 1.165) is 35.7 Å². The highest BCUT2D eigenvalue weighted by atomic mass is 16.3. The predicted molar refractivity (Wildman–Crippen MR) is 105 cm³/mol. The van der Waals surface area contributed by atoms with E-state index in [-0.39, 0.29) is 18.2 Å². The number of nitrogens with zero attached hydrogens (tertiary/aromatic N) is 2. The van der Waals surface area contributed by atoms with Crippen LogP contribution in [-0.2, 0) is 29.2 Å². The van der Waals surface area contributed by atoms with Crippen LogP contribution in [0.2, 0.25) is 0 Å². The van der Waals surface area contributed by atoms with Crippen molar-refractivity contribution in [2.24, 2.45) is 0 Å². The molecule has 3 aliphatic rings. The summed E-state index contributed by atoms with van der Waals surface area (Å²) < 4.78 is 5.55. The average molecular weight is 409 g/mol. The lowest BCUT2D eigenvalue weighted by Crippen LogP contribution is -2.52. The predicted octanol–water partition coefficient (Wildman–Crippen LogP) is 0.412. The third kappa shape index (κ3) is 3.29. The normalized spacial score (nSPS) is 21.5. The number of oxazole rings is 1. The number of rotatable bonds is 6. The molecule has 2 aromatic rings. The Morgan fingerprint density at radius 3 is 2.83 bits per heavy atom. The summed E-state index contributed by atoms with van der Waals surface area (Å²) >= 11 is 0. The van der Waals surface area contributed by atoms with Crippen molar-refractivity contribution in [1.82, 2.24) is 25.8 Å². The highest BCUT2D eigenvalue weighted by Crippen LogP contribution is 2.30. The van der Waals surface area contributed by atoms with Crippen LogP contribution >= 0.6 is 0 Å². The van der Waals surface area contributed by atoms with Crippen LogP contribution in [0.25, 0.3) is 0 Å². The van der Waals surface area contributed by atoms with Gasteiger partial charge in [-0.3, -0.25) is 19.7 Å². The molecule has 3 amide bonds. The van der Waals surface area contributed by atoms with Gasteiger partial charge in [-0.25, -0.2) is 4.98 Å². The molecule has 0 bridgehead atoms. The molecule has 3 aliphatic heterocycles. The van der Waals surface area contributed by atoms with Gasteiger partial charge in [-0.05, 0) is 17.5 Å². The summed E-state index contributed by atoms with van der Waals surface area (Å²) in [5, 5.41) is 8.94. The molecule has 1 atom stereocenters. The number of carbonyl (C=O) groups excluding carboxylic acids is 3. The maximum atomic E-state index is 13.1. The maximum absolute atomic E-state index is 13.1. The average Bonchev–Trinajstić information content (AvgIpc) is 3.26. The molecule has 2 saturated heterocycles. The van der Waals surface area contributed by atoms with Gasteiger partial charge in [0.05, 0.1) is 5.69 Å². The molecule has 0 spiro atoms. The Hall–Kier alpha value is -3.04. The summed E-state index contributed by atoms with van der Waals surface area (Å²) in [7, 11) is 0. The highest BCUT2D eigenvalue weighted by molar-refractivity contribution is 6.05. The molecule has 156 valence electrons. The smallest absolute Gasteiger partial charge is 0.255 e. The molecule has 0 saturated carbocycles. The standard InChI is InChI=1S/C21H23N5O4/c27-17-5-4-16(20(28)25-17)26-10-13-3-1-2-12(18(13)21(26)29)6-23-9-15-19(30-11-24-15)14-7-22-8-14/h1-3,11,14,16,22-23H,4-10H2,(H,25,27,28). The number of carbonyl (C=O) groups is 3. The second-order valence-electron chi connectivity index (χ2n) is 7.97.